The third kappa shape index (κ3) is 4.52. The molecular weight excluding hydrogens is 436 g/mol. The van der Waals surface area contributed by atoms with Gasteiger partial charge < -0.3 is 15.1 Å². The highest BCUT2D eigenvalue weighted by atomic mass is 16.3. The summed E-state index contributed by atoms with van der Waals surface area (Å²) in [5.41, 5.74) is 1.82. The normalized spacial score (nSPS) is 18.8. The smallest absolute Gasteiger partial charge is 0.167 e. The van der Waals surface area contributed by atoms with E-state index in [1.807, 2.05) is 38.2 Å². The number of likely N-dealkylation sites (tertiary alicyclic amines) is 1. The number of rotatable bonds is 5. The zero-order valence-corrected chi connectivity index (χ0v) is 21.8. The number of nitrogens with zero attached hydrogens (tertiary/aromatic N) is 4. The summed E-state index contributed by atoms with van der Waals surface area (Å²) >= 11 is 0. The first kappa shape index (κ1) is 25.1. The summed E-state index contributed by atoms with van der Waals surface area (Å²) in [4.78, 5) is 6.63. The summed E-state index contributed by atoms with van der Waals surface area (Å²) in [6.45, 7) is 11.5. The molecule has 0 spiro atoms. The first-order chi connectivity index (χ1) is 16.4. The minimum Gasteiger partial charge on any atom is -0.380 e. The molecule has 0 radical (unpaired) electrons. The zero-order valence-electron chi connectivity index (χ0n) is 21.8. The summed E-state index contributed by atoms with van der Waals surface area (Å²) < 4.78 is 1.72. The van der Waals surface area contributed by atoms with Gasteiger partial charge in [-0.15, -0.1) is 0 Å². The van der Waals surface area contributed by atoms with Crippen molar-refractivity contribution in [3.8, 4) is 11.8 Å². The van der Waals surface area contributed by atoms with Crippen molar-refractivity contribution in [2.24, 2.45) is 12.5 Å². The van der Waals surface area contributed by atoms with Gasteiger partial charge in [0.15, 0.2) is 5.60 Å². The van der Waals surface area contributed by atoms with E-state index in [-0.39, 0.29) is 5.41 Å². The lowest BCUT2D eigenvalue weighted by atomic mass is 9.62. The quantitative estimate of drug-likeness (QED) is 0.554. The number of aliphatic hydroxyl groups is 2. The Bertz CT molecular complexity index is 1250. The minimum absolute atomic E-state index is 0.383. The van der Waals surface area contributed by atoms with Crippen LogP contribution in [0, 0.1) is 24.2 Å². The number of pyridine rings is 1. The van der Waals surface area contributed by atoms with E-state index in [0.29, 0.717) is 22.7 Å². The fraction of sp³-hybridized carbons (Fsp3) is 0.448. The largest absolute Gasteiger partial charge is 0.380 e. The molecule has 0 saturated carbocycles. The molecular formula is C29H36N4O2. The molecule has 2 N–H and O–H groups in total. The first-order valence-corrected chi connectivity index (χ1v) is 12.1. The standard InChI is InChI=1S/C29H36N4O2/c1-20(2)23-8-10-24(11-9-23)29(35,27(4)18-32(6)19-27)25-15-22(16-30-17-25)12-13-28(5,34)26-14-21(3)33(7)31-26/h8-11,14-17,20,34-35H,18-19H2,1-7H3/t28?,29-/m0/s1. The van der Waals surface area contributed by atoms with Crippen molar-refractivity contribution in [2.75, 3.05) is 20.1 Å². The Hall–Kier alpha value is -2.98. The van der Waals surface area contributed by atoms with E-state index in [2.05, 4.69) is 66.8 Å². The van der Waals surface area contributed by atoms with Gasteiger partial charge in [0.1, 0.15) is 11.3 Å². The molecule has 2 atom stereocenters. The average molecular weight is 473 g/mol. The topological polar surface area (TPSA) is 74.4 Å². The van der Waals surface area contributed by atoms with Crippen LogP contribution in [-0.4, -0.2) is 50.0 Å². The first-order valence-electron chi connectivity index (χ1n) is 12.1. The van der Waals surface area contributed by atoms with Crippen molar-refractivity contribution in [3.63, 3.8) is 0 Å². The molecule has 6 heteroatoms. The molecule has 3 aromatic rings. The third-order valence-corrected chi connectivity index (χ3v) is 7.33. The number of hydrogen-bond acceptors (Lipinski definition) is 5. The maximum Gasteiger partial charge on any atom is 0.167 e. The Morgan fingerprint density at radius 1 is 1.03 bits per heavy atom. The Morgan fingerprint density at radius 3 is 2.23 bits per heavy atom. The highest BCUT2D eigenvalue weighted by Crippen LogP contribution is 2.50. The van der Waals surface area contributed by atoms with E-state index in [1.54, 1.807) is 24.0 Å². The SMILES string of the molecule is Cc1cc(C(C)(O)C#Cc2cncc([C@@](O)(c3ccc(C(C)C)cc3)C3(C)CN(C)C3)c2)nn1C. The number of benzene rings is 1. The molecule has 2 aromatic heterocycles. The van der Waals surface area contributed by atoms with Crippen LogP contribution in [0.3, 0.4) is 0 Å². The Balaban J connectivity index is 1.75. The Kier molecular flexibility index (Phi) is 6.39. The van der Waals surface area contributed by atoms with E-state index in [1.165, 1.54) is 5.56 Å². The van der Waals surface area contributed by atoms with Crippen LogP contribution in [0.2, 0.25) is 0 Å². The highest BCUT2D eigenvalue weighted by Gasteiger charge is 2.55. The minimum atomic E-state index is -1.41. The molecule has 35 heavy (non-hydrogen) atoms. The highest BCUT2D eigenvalue weighted by molar-refractivity contribution is 5.45. The second-order valence-corrected chi connectivity index (χ2v) is 10.8. The summed E-state index contributed by atoms with van der Waals surface area (Å²) in [7, 11) is 3.90. The van der Waals surface area contributed by atoms with Crippen LogP contribution < -0.4 is 0 Å². The predicted octanol–water partition coefficient (Wildman–Crippen LogP) is 3.69. The van der Waals surface area contributed by atoms with Crippen molar-refractivity contribution in [1.82, 2.24) is 19.7 Å². The molecule has 3 heterocycles. The molecule has 4 rings (SSSR count). The summed E-state index contributed by atoms with van der Waals surface area (Å²) in [5, 5.41) is 27.7. The van der Waals surface area contributed by atoms with Crippen LogP contribution >= 0.6 is 0 Å². The summed E-state index contributed by atoms with van der Waals surface area (Å²) in [6.07, 6.45) is 3.39. The van der Waals surface area contributed by atoms with Crippen molar-refractivity contribution in [1.29, 1.82) is 0 Å². The average Bonchev–Trinajstić information content (AvgIpc) is 3.15. The molecule has 1 aliphatic rings. The van der Waals surface area contributed by atoms with Gasteiger partial charge >= 0.3 is 0 Å². The summed E-state index contributed by atoms with van der Waals surface area (Å²) in [6, 6.07) is 12.0. The Labute approximate surface area is 208 Å². The van der Waals surface area contributed by atoms with Gasteiger partial charge in [-0.2, -0.15) is 5.10 Å². The molecule has 1 aromatic carbocycles. The van der Waals surface area contributed by atoms with Gasteiger partial charge in [-0.1, -0.05) is 56.9 Å². The molecule has 0 bridgehead atoms. The van der Waals surface area contributed by atoms with Gasteiger partial charge in [-0.05, 0) is 50.1 Å². The lowest BCUT2D eigenvalue weighted by molar-refractivity contribution is -0.127. The van der Waals surface area contributed by atoms with Crippen molar-refractivity contribution in [2.45, 2.75) is 51.7 Å². The van der Waals surface area contributed by atoms with E-state index in [9.17, 15) is 10.2 Å². The van der Waals surface area contributed by atoms with Crippen LogP contribution in [0.25, 0.3) is 0 Å². The molecule has 6 nitrogen and oxygen atoms in total. The third-order valence-electron chi connectivity index (χ3n) is 7.33. The predicted molar refractivity (Wildman–Crippen MR) is 138 cm³/mol. The van der Waals surface area contributed by atoms with Gasteiger partial charge in [-0.25, -0.2) is 0 Å². The fourth-order valence-corrected chi connectivity index (χ4v) is 5.11. The van der Waals surface area contributed by atoms with E-state index in [4.69, 9.17) is 0 Å². The molecule has 1 saturated heterocycles. The zero-order chi connectivity index (χ0) is 25.6. The molecule has 1 aliphatic heterocycles. The fourth-order valence-electron chi connectivity index (χ4n) is 5.11. The molecule has 0 aliphatic carbocycles. The molecule has 1 fully saturated rings. The van der Waals surface area contributed by atoms with Crippen LogP contribution in [0.4, 0.5) is 0 Å². The van der Waals surface area contributed by atoms with Crippen LogP contribution in [0.15, 0.2) is 48.8 Å². The van der Waals surface area contributed by atoms with E-state index < -0.39 is 11.2 Å². The van der Waals surface area contributed by atoms with Gasteiger partial charge in [0.2, 0.25) is 0 Å². The molecule has 1 unspecified atom stereocenters. The van der Waals surface area contributed by atoms with Gasteiger partial charge in [-0.3, -0.25) is 9.67 Å². The van der Waals surface area contributed by atoms with Crippen molar-refractivity contribution in [3.05, 3.63) is 82.4 Å². The maximum atomic E-state index is 12.4. The van der Waals surface area contributed by atoms with Gasteiger partial charge in [0.05, 0.1) is 0 Å². The van der Waals surface area contributed by atoms with Crippen LogP contribution in [0.5, 0.6) is 0 Å². The number of aromatic nitrogens is 3. The van der Waals surface area contributed by atoms with E-state index >= 15 is 0 Å². The van der Waals surface area contributed by atoms with Crippen molar-refractivity contribution < 1.29 is 10.2 Å². The maximum absolute atomic E-state index is 12.4. The second-order valence-electron chi connectivity index (χ2n) is 10.8. The van der Waals surface area contributed by atoms with E-state index in [0.717, 1.165) is 24.3 Å². The van der Waals surface area contributed by atoms with Crippen LogP contribution in [0.1, 0.15) is 67.3 Å². The monoisotopic (exact) mass is 472 g/mol. The van der Waals surface area contributed by atoms with Crippen LogP contribution in [-0.2, 0) is 18.2 Å². The van der Waals surface area contributed by atoms with Gasteiger partial charge in [0.25, 0.3) is 0 Å². The number of aryl methyl sites for hydroxylation is 2. The summed E-state index contributed by atoms with van der Waals surface area (Å²) in [5.74, 6) is 6.42. The Morgan fingerprint density at radius 2 is 1.69 bits per heavy atom. The molecule has 0 amide bonds. The van der Waals surface area contributed by atoms with Gasteiger partial charge in [0, 0.05) is 54.8 Å². The second kappa shape index (κ2) is 8.91. The lowest BCUT2D eigenvalue weighted by Gasteiger charge is -2.55. The number of hydrogen-bond donors (Lipinski definition) is 2. The van der Waals surface area contributed by atoms with Crippen molar-refractivity contribution >= 4 is 0 Å². The molecule has 184 valence electrons. The lowest BCUT2D eigenvalue weighted by Crippen LogP contribution is -2.63.